The van der Waals surface area contributed by atoms with E-state index in [1.165, 1.54) is 0 Å². The van der Waals surface area contributed by atoms with E-state index >= 15 is 0 Å². The molecule has 2 saturated carbocycles. The summed E-state index contributed by atoms with van der Waals surface area (Å²) in [5, 5.41) is 8.85. The van der Waals surface area contributed by atoms with Gasteiger partial charge in [0, 0.05) is 4.83 Å². The summed E-state index contributed by atoms with van der Waals surface area (Å²) in [4.78, 5) is 11.0. The van der Waals surface area contributed by atoms with Crippen molar-refractivity contribution in [3.8, 4) is 0 Å². The zero-order chi connectivity index (χ0) is 7.35. The molecule has 0 aliphatic heterocycles. The van der Waals surface area contributed by atoms with Gasteiger partial charge in [-0.25, -0.2) is 0 Å². The van der Waals surface area contributed by atoms with Gasteiger partial charge >= 0.3 is 5.97 Å². The van der Waals surface area contributed by atoms with Crippen LogP contribution >= 0.6 is 15.9 Å². The lowest BCUT2D eigenvalue weighted by molar-refractivity contribution is -0.143. The maximum Gasteiger partial charge on any atom is 0.311 e. The minimum Gasteiger partial charge on any atom is -0.481 e. The van der Waals surface area contributed by atoms with Crippen molar-refractivity contribution in [2.45, 2.75) is 24.1 Å². The monoisotopic (exact) mass is 204 g/mol. The van der Waals surface area contributed by atoms with E-state index in [1.807, 2.05) is 0 Å². The van der Waals surface area contributed by atoms with Crippen molar-refractivity contribution < 1.29 is 9.90 Å². The summed E-state index contributed by atoms with van der Waals surface area (Å²) in [5.74, 6) is -0.165. The standard InChI is InChI=1S/C7H9BrO2/c8-5-4-2-1-3-7(4,5)6(9)10/h4-5H,1-3H2,(H,9,10)/t4-,5-,7+/m0/s1. The normalized spacial score (nSPS) is 50.5. The number of alkyl halides is 1. The van der Waals surface area contributed by atoms with E-state index in [0.29, 0.717) is 5.92 Å². The van der Waals surface area contributed by atoms with Crippen molar-refractivity contribution in [3.05, 3.63) is 0 Å². The Kier molecular flexibility index (Phi) is 1.17. The van der Waals surface area contributed by atoms with E-state index in [2.05, 4.69) is 15.9 Å². The van der Waals surface area contributed by atoms with Gasteiger partial charge in [-0.1, -0.05) is 22.4 Å². The van der Waals surface area contributed by atoms with Gasteiger partial charge in [0.2, 0.25) is 0 Å². The van der Waals surface area contributed by atoms with E-state index in [9.17, 15) is 4.79 Å². The predicted octanol–water partition coefficient (Wildman–Crippen LogP) is 1.63. The molecule has 0 heterocycles. The zero-order valence-electron chi connectivity index (χ0n) is 5.51. The van der Waals surface area contributed by atoms with Crippen LogP contribution in [-0.2, 0) is 4.79 Å². The number of carboxylic acid groups (broad SMARTS) is 1. The van der Waals surface area contributed by atoms with E-state index < -0.39 is 5.97 Å². The van der Waals surface area contributed by atoms with Crippen LogP contribution in [0.4, 0.5) is 0 Å². The molecule has 10 heavy (non-hydrogen) atoms. The Balaban J connectivity index is 2.24. The third kappa shape index (κ3) is 0.529. The highest BCUT2D eigenvalue weighted by molar-refractivity contribution is 9.09. The summed E-state index contributed by atoms with van der Waals surface area (Å²) in [6.07, 6.45) is 3.07. The molecule has 0 aromatic rings. The summed E-state index contributed by atoms with van der Waals surface area (Å²) in [5.41, 5.74) is -0.347. The maximum atomic E-state index is 10.7. The van der Waals surface area contributed by atoms with Gasteiger partial charge in [0.05, 0.1) is 5.41 Å². The highest BCUT2D eigenvalue weighted by Crippen LogP contribution is 2.67. The van der Waals surface area contributed by atoms with Crippen LogP contribution in [0.3, 0.4) is 0 Å². The first kappa shape index (κ1) is 6.65. The fraction of sp³-hybridized carbons (Fsp3) is 0.857. The lowest BCUT2D eigenvalue weighted by atomic mass is 10.1. The van der Waals surface area contributed by atoms with Gasteiger partial charge in [-0.2, -0.15) is 0 Å². The summed E-state index contributed by atoms with van der Waals surface area (Å²) in [6.45, 7) is 0. The van der Waals surface area contributed by atoms with Gasteiger partial charge in [-0.15, -0.1) is 0 Å². The van der Waals surface area contributed by atoms with E-state index in [0.717, 1.165) is 19.3 Å². The maximum absolute atomic E-state index is 10.7. The molecule has 0 spiro atoms. The molecular formula is C7H9BrO2. The van der Waals surface area contributed by atoms with Crippen LogP contribution in [0.5, 0.6) is 0 Å². The molecule has 1 N–H and O–H groups in total. The number of rotatable bonds is 1. The molecule has 2 rings (SSSR count). The summed E-state index contributed by atoms with van der Waals surface area (Å²) in [6, 6.07) is 0. The third-order valence-corrected chi connectivity index (χ3v) is 4.36. The zero-order valence-corrected chi connectivity index (χ0v) is 7.10. The lowest BCUT2D eigenvalue weighted by Crippen LogP contribution is -2.16. The molecule has 2 fully saturated rings. The fourth-order valence-electron chi connectivity index (χ4n) is 2.19. The van der Waals surface area contributed by atoms with Gasteiger partial charge in [0.25, 0.3) is 0 Å². The Morgan fingerprint density at radius 1 is 1.70 bits per heavy atom. The van der Waals surface area contributed by atoms with Crippen molar-refractivity contribution in [3.63, 3.8) is 0 Å². The van der Waals surface area contributed by atoms with Crippen LogP contribution in [-0.4, -0.2) is 15.9 Å². The van der Waals surface area contributed by atoms with Crippen LogP contribution in [0.1, 0.15) is 19.3 Å². The first-order valence-electron chi connectivity index (χ1n) is 3.57. The van der Waals surface area contributed by atoms with Crippen molar-refractivity contribution in [2.24, 2.45) is 11.3 Å². The summed E-state index contributed by atoms with van der Waals surface area (Å²) in [7, 11) is 0. The van der Waals surface area contributed by atoms with Gasteiger partial charge in [0.1, 0.15) is 0 Å². The Hall–Kier alpha value is -0.0500. The third-order valence-electron chi connectivity index (χ3n) is 2.90. The van der Waals surface area contributed by atoms with Gasteiger partial charge in [-0.3, -0.25) is 4.79 Å². The lowest BCUT2D eigenvalue weighted by Gasteiger charge is -2.03. The smallest absolute Gasteiger partial charge is 0.311 e. The average Bonchev–Trinajstić information content (AvgIpc) is 2.36. The largest absolute Gasteiger partial charge is 0.481 e. The quantitative estimate of drug-likeness (QED) is 0.660. The van der Waals surface area contributed by atoms with Crippen molar-refractivity contribution in [2.75, 3.05) is 0 Å². The van der Waals surface area contributed by atoms with Crippen LogP contribution in [0.25, 0.3) is 0 Å². The highest BCUT2D eigenvalue weighted by atomic mass is 79.9. The second-order valence-corrected chi connectivity index (χ2v) is 4.23. The first-order chi connectivity index (χ1) is 4.69. The molecular weight excluding hydrogens is 196 g/mol. The minimum atomic E-state index is -0.600. The summed E-state index contributed by atoms with van der Waals surface area (Å²) < 4.78 is 0. The molecule has 0 aromatic carbocycles. The van der Waals surface area contributed by atoms with Crippen molar-refractivity contribution in [1.29, 1.82) is 0 Å². The number of carbonyl (C=O) groups is 1. The molecule has 0 saturated heterocycles. The second kappa shape index (κ2) is 1.76. The van der Waals surface area contributed by atoms with E-state index in [-0.39, 0.29) is 10.2 Å². The topological polar surface area (TPSA) is 37.3 Å². The summed E-state index contributed by atoms with van der Waals surface area (Å²) >= 11 is 3.40. The highest BCUT2D eigenvalue weighted by Gasteiger charge is 2.70. The Morgan fingerprint density at radius 2 is 2.40 bits per heavy atom. The molecule has 0 aromatic heterocycles. The molecule has 2 aliphatic rings. The Bertz CT molecular complexity index is 192. The number of fused-ring (bicyclic) bond motifs is 1. The Labute approximate surface area is 67.7 Å². The fourth-order valence-corrected chi connectivity index (χ4v) is 3.54. The van der Waals surface area contributed by atoms with Crippen molar-refractivity contribution >= 4 is 21.9 Å². The van der Waals surface area contributed by atoms with Gasteiger partial charge in [-0.05, 0) is 18.8 Å². The Morgan fingerprint density at radius 3 is 2.70 bits per heavy atom. The molecule has 3 atom stereocenters. The minimum absolute atomic E-state index is 0.270. The molecule has 0 unspecified atom stereocenters. The number of hydrogen-bond donors (Lipinski definition) is 1. The van der Waals surface area contributed by atoms with E-state index in [1.54, 1.807) is 0 Å². The number of hydrogen-bond acceptors (Lipinski definition) is 1. The number of halogens is 1. The van der Waals surface area contributed by atoms with Gasteiger partial charge < -0.3 is 5.11 Å². The molecule has 0 radical (unpaired) electrons. The van der Waals surface area contributed by atoms with Crippen LogP contribution < -0.4 is 0 Å². The first-order valence-corrected chi connectivity index (χ1v) is 4.48. The molecule has 56 valence electrons. The number of carboxylic acids is 1. The van der Waals surface area contributed by atoms with Gasteiger partial charge in [0.15, 0.2) is 0 Å². The second-order valence-electron chi connectivity index (χ2n) is 3.25. The predicted molar refractivity (Wildman–Crippen MR) is 40.1 cm³/mol. The SMILES string of the molecule is O=C(O)[C@]12CCC[C@H]1[C@@H]2Br. The molecule has 2 nitrogen and oxygen atoms in total. The van der Waals surface area contributed by atoms with Crippen LogP contribution in [0.2, 0.25) is 0 Å². The van der Waals surface area contributed by atoms with Crippen molar-refractivity contribution in [1.82, 2.24) is 0 Å². The van der Waals surface area contributed by atoms with E-state index in [4.69, 9.17) is 5.11 Å². The number of aliphatic carboxylic acids is 1. The molecule has 3 heteroatoms. The molecule has 0 bridgehead atoms. The van der Waals surface area contributed by atoms with Crippen LogP contribution in [0.15, 0.2) is 0 Å². The molecule has 0 amide bonds. The average molecular weight is 205 g/mol. The molecule has 2 aliphatic carbocycles. The van der Waals surface area contributed by atoms with Crippen LogP contribution in [0, 0.1) is 11.3 Å².